The quantitative estimate of drug-likeness (QED) is 0.894. The third kappa shape index (κ3) is 2.59. The van der Waals surface area contributed by atoms with Gasteiger partial charge in [-0.15, -0.1) is 0 Å². The molecule has 0 radical (unpaired) electrons. The predicted molar refractivity (Wildman–Crippen MR) is 77.4 cm³/mol. The molecule has 0 aliphatic carbocycles. The number of aryl methyl sites for hydroxylation is 2. The molecule has 0 saturated carbocycles. The van der Waals surface area contributed by atoms with Crippen LogP contribution in [0.1, 0.15) is 38.4 Å². The maximum atomic E-state index is 11.6. The smallest absolute Gasteiger partial charge is 0.311 e. The number of rotatable bonds is 5. The maximum Gasteiger partial charge on any atom is 0.311 e. The van der Waals surface area contributed by atoms with E-state index in [1.165, 1.54) is 5.56 Å². The van der Waals surface area contributed by atoms with Crippen LogP contribution in [0.25, 0.3) is 0 Å². The van der Waals surface area contributed by atoms with Gasteiger partial charge in [-0.3, -0.25) is 14.4 Å². The summed E-state index contributed by atoms with van der Waals surface area (Å²) in [4.78, 5) is 13.9. The van der Waals surface area contributed by atoms with E-state index in [0.717, 1.165) is 31.6 Å². The van der Waals surface area contributed by atoms with Crippen LogP contribution in [0.2, 0.25) is 0 Å². The average molecular weight is 279 g/mol. The molecular formula is C15H25N3O2. The minimum Gasteiger partial charge on any atom is -0.481 e. The number of aromatic nitrogens is 2. The molecule has 1 N–H and O–H groups in total. The fraction of sp³-hybridized carbons (Fsp3) is 0.733. The van der Waals surface area contributed by atoms with Gasteiger partial charge in [0.1, 0.15) is 0 Å². The summed E-state index contributed by atoms with van der Waals surface area (Å²) in [5.41, 5.74) is 1.75. The van der Waals surface area contributed by atoms with Crippen molar-refractivity contribution < 1.29 is 9.90 Å². The summed E-state index contributed by atoms with van der Waals surface area (Å²) in [5.74, 6) is -0.499. The van der Waals surface area contributed by atoms with Gasteiger partial charge < -0.3 is 5.11 Å². The van der Waals surface area contributed by atoms with Gasteiger partial charge in [-0.2, -0.15) is 5.10 Å². The minimum atomic E-state index is -0.656. The van der Waals surface area contributed by atoms with Gasteiger partial charge in [-0.1, -0.05) is 20.8 Å². The summed E-state index contributed by atoms with van der Waals surface area (Å²) < 4.78 is 1.84. The number of likely N-dealkylation sites (tertiary alicyclic amines) is 1. The monoisotopic (exact) mass is 279 g/mol. The van der Waals surface area contributed by atoms with Crippen LogP contribution in [0.3, 0.4) is 0 Å². The topological polar surface area (TPSA) is 58.4 Å². The van der Waals surface area contributed by atoms with E-state index >= 15 is 0 Å². The van der Waals surface area contributed by atoms with E-state index < -0.39 is 11.4 Å². The second kappa shape index (κ2) is 5.56. The van der Waals surface area contributed by atoms with Crippen molar-refractivity contribution in [1.29, 1.82) is 0 Å². The molecule has 20 heavy (non-hydrogen) atoms. The molecule has 1 aliphatic heterocycles. The maximum absolute atomic E-state index is 11.6. The van der Waals surface area contributed by atoms with Crippen LogP contribution in [0.4, 0.5) is 0 Å². The summed E-state index contributed by atoms with van der Waals surface area (Å²) in [5, 5.41) is 14.0. The summed E-state index contributed by atoms with van der Waals surface area (Å²) in [6, 6.07) is 0. The molecule has 2 heterocycles. The highest BCUT2D eigenvalue weighted by Crippen LogP contribution is 2.38. The lowest BCUT2D eigenvalue weighted by atomic mass is 9.76. The van der Waals surface area contributed by atoms with Crippen LogP contribution >= 0.6 is 0 Å². The number of hydrogen-bond donors (Lipinski definition) is 1. The molecule has 0 aromatic carbocycles. The van der Waals surface area contributed by atoms with E-state index in [2.05, 4.69) is 23.1 Å². The molecular weight excluding hydrogens is 254 g/mol. The van der Waals surface area contributed by atoms with Crippen LogP contribution < -0.4 is 0 Å². The second-order valence-corrected chi connectivity index (χ2v) is 6.20. The van der Waals surface area contributed by atoms with Crippen molar-refractivity contribution in [1.82, 2.24) is 14.7 Å². The Balaban J connectivity index is 2.11. The lowest BCUT2D eigenvalue weighted by molar-refractivity contribution is -0.151. The summed E-state index contributed by atoms with van der Waals surface area (Å²) in [7, 11) is 1.93. The molecule has 5 heteroatoms. The Hall–Kier alpha value is -1.36. The molecule has 1 aliphatic rings. The first-order valence-corrected chi connectivity index (χ1v) is 7.36. The first-order chi connectivity index (χ1) is 9.39. The van der Waals surface area contributed by atoms with E-state index in [1.54, 1.807) is 0 Å². The standard InChI is InChI=1S/C15H25N3O2/c1-5-13-12(8-17(4)16-13)9-18-7-6-15(10-18,11(2)3)14(19)20/h8,11H,5-7,9-10H2,1-4H3,(H,19,20). The SMILES string of the molecule is CCc1nn(C)cc1CN1CCC(C(=O)O)(C(C)C)C1. The first-order valence-electron chi connectivity index (χ1n) is 7.36. The van der Waals surface area contributed by atoms with E-state index in [4.69, 9.17) is 0 Å². The van der Waals surface area contributed by atoms with Gasteiger partial charge in [0.15, 0.2) is 0 Å². The zero-order valence-electron chi connectivity index (χ0n) is 12.9. The van der Waals surface area contributed by atoms with Crippen LogP contribution in [0, 0.1) is 11.3 Å². The van der Waals surface area contributed by atoms with Gasteiger partial charge in [-0.25, -0.2) is 0 Å². The van der Waals surface area contributed by atoms with Gasteiger partial charge in [-0.05, 0) is 25.3 Å². The van der Waals surface area contributed by atoms with E-state index in [0.29, 0.717) is 6.54 Å². The molecule has 0 spiro atoms. The highest BCUT2D eigenvalue weighted by molar-refractivity contribution is 5.75. The number of carbonyl (C=O) groups is 1. The van der Waals surface area contributed by atoms with Crippen molar-refractivity contribution in [2.75, 3.05) is 13.1 Å². The molecule has 1 atom stereocenters. The van der Waals surface area contributed by atoms with Crippen LogP contribution in [-0.2, 0) is 24.8 Å². The molecule has 1 aromatic rings. The van der Waals surface area contributed by atoms with Crippen molar-refractivity contribution in [3.05, 3.63) is 17.5 Å². The average Bonchev–Trinajstić information content (AvgIpc) is 2.94. The summed E-state index contributed by atoms with van der Waals surface area (Å²) in [6.45, 7) is 8.42. The number of carboxylic acids is 1. The lowest BCUT2D eigenvalue weighted by Gasteiger charge is -2.28. The Morgan fingerprint density at radius 3 is 2.75 bits per heavy atom. The fourth-order valence-electron chi connectivity index (χ4n) is 3.20. The number of hydrogen-bond acceptors (Lipinski definition) is 3. The molecule has 1 aromatic heterocycles. The molecule has 1 fully saturated rings. The summed E-state index contributed by atoms with van der Waals surface area (Å²) in [6.07, 6.45) is 3.70. The number of nitrogens with zero attached hydrogens (tertiary/aromatic N) is 3. The van der Waals surface area contributed by atoms with Crippen molar-refractivity contribution >= 4 is 5.97 Å². The third-order valence-electron chi connectivity index (χ3n) is 4.63. The van der Waals surface area contributed by atoms with Crippen molar-refractivity contribution in [2.24, 2.45) is 18.4 Å². The van der Waals surface area contributed by atoms with Crippen LogP contribution in [0.15, 0.2) is 6.20 Å². The van der Waals surface area contributed by atoms with Crippen molar-refractivity contribution in [3.63, 3.8) is 0 Å². The zero-order valence-corrected chi connectivity index (χ0v) is 12.9. The molecule has 0 bridgehead atoms. The Labute approximate surface area is 120 Å². The third-order valence-corrected chi connectivity index (χ3v) is 4.63. The highest BCUT2D eigenvalue weighted by Gasteiger charge is 2.47. The van der Waals surface area contributed by atoms with E-state index in [9.17, 15) is 9.90 Å². The highest BCUT2D eigenvalue weighted by atomic mass is 16.4. The summed E-state index contributed by atoms with van der Waals surface area (Å²) >= 11 is 0. The van der Waals surface area contributed by atoms with E-state index in [-0.39, 0.29) is 5.92 Å². The van der Waals surface area contributed by atoms with Gasteiger partial charge >= 0.3 is 5.97 Å². The largest absolute Gasteiger partial charge is 0.481 e. The normalized spacial score (nSPS) is 23.6. The Kier molecular flexibility index (Phi) is 4.18. The first kappa shape index (κ1) is 15.0. The van der Waals surface area contributed by atoms with Gasteiger partial charge in [0.2, 0.25) is 0 Å². The van der Waals surface area contributed by atoms with Crippen LogP contribution in [0.5, 0.6) is 0 Å². The minimum absolute atomic E-state index is 0.157. The second-order valence-electron chi connectivity index (χ2n) is 6.20. The fourth-order valence-corrected chi connectivity index (χ4v) is 3.20. The molecule has 1 unspecified atom stereocenters. The molecule has 2 rings (SSSR count). The molecule has 0 amide bonds. The lowest BCUT2D eigenvalue weighted by Crippen LogP contribution is -2.39. The van der Waals surface area contributed by atoms with E-state index in [1.807, 2.05) is 25.6 Å². The number of carboxylic acid groups (broad SMARTS) is 1. The zero-order chi connectivity index (χ0) is 14.9. The number of aliphatic carboxylic acids is 1. The Bertz CT molecular complexity index is 495. The van der Waals surface area contributed by atoms with Gasteiger partial charge in [0, 0.05) is 31.9 Å². The Morgan fingerprint density at radius 1 is 1.55 bits per heavy atom. The Morgan fingerprint density at radius 2 is 2.25 bits per heavy atom. The van der Waals surface area contributed by atoms with Crippen molar-refractivity contribution in [3.8, 4) is 0 Å². The van der Waals surface area contributed by atoms with Gasteiger partial charge in [0.25, 0.3) is 0 Å². The molecule has 112 valence electrons. The predicted octanol–water partition coefficient (Wildman–Crippen LogP) is 1.92. The van der Waals surface area contributed by atoms with Gasteiger partial charge in [0.05, 0.1) is 11.1 Å². The van der Waals surface area contributed by atoms with Crippen LogP contribution in [-0.4, -0.2) is 38.8 Å². The molecule has 5 nitrogen and oxygen atoms in total. The molecule has 1 saturated heterocycles. The van der Waals surface area contributed by atoms with Crippen molar-refractivity contribution in [2.45, 2.75) is 40.2 Å².